The second kappa shape index (κ2) is 6.56. The van der Waals surface area contributed by atoms with Crippen LogP contribution in [0, 0.1) is 11.3 Å². The molecule has 0 aliphatic heterocycles. The molecule has 0 saturated carbocycles. The normalized spacial score (nSPS) is 10.1. The van der Waals surface area contributed by atoms with Crippen LogP contribution in [-0.2, 0) is 6.42 Å². The highest BCUT2D eigenvalue weighted by atomic mass is 35.5. The second-order valence-corrected chi connectivity index (χ2v) is 4.94. The van der Waals surface area contributed by atoms with Crippen molar-refractivity contribution >= 4 is 34.7 Å². The molecule has 0 aliphatic rings. The van der Waals surface area contributed by atoms with Gasteiger partial charge in [0.05, 0.1) is 22.3 Å². The fraction of sp³-hybridized carbons (Fsp3) is 0.214. The van der Waals surface area contributed by atoms with Gasteiger partial charge in [-0.2, -0.15) is 5.26 Å². The lowest BCUT2D eigenvalue weighted by molar-refractivity contribution is 0.904. The van der Waals surface area contributed by atoms with Crippen LogP contribution in [0.4, 0.5) is 11.5 Å². The molecule has 0 unspecified atom stereocenters. The van der Waals surface area contributed by atoms with Gasteiger partial charge in [0.1, 0.15) is 17.3 Å². The molecule has 0 bridgehead atoms. The maximum absolute atomic E-state index is 8.93. The highest BCUT2D eigenvalue weighted by Gasteiger charge is 2.11. The number of nitrogens with one attached hydrogen (secondary N) is 1. The summed E-state index contributed by atoms with van der Waals surface area (Å²) in [5.41, 5.74) is 1.99. The Balaban J connectivity index is 2.40. The number of aromatic nitrogens is 2. The molecule has 4 nitrogen and oxygen atoms in total. The lowest BCUT2D eigenvalue weighted by Crippen LogP contribution is -2.02. The number of nitriles is 1. The molecule has 1 aromatic heterocycles. The van der Waals surface area contributed by atoms with E-state index in [-0.39, 0.29) is 0 Å². The average molecular weight is 307 g/mol. The minimum Gasteiger partial charge on any atom is -0.339 e. The SMILES string of the molecule is CCCc1c(Cl)ncnc1Nc1cc(C#N)ccc1Cl. The number of hydrogen-bond donors (Lipinski definition) is 1. The molecular weight excluding hydrogens is 295 g/mol. The minimum absolute atomic E-state index is 0.428. The van der Waals surface area contributed by atoms with Crippen molar-refractivity contribution < 1.29 is 0 Å². The van der Waals surface area contributed by atoms with E-state index in [0.29, 0.717) is 27.2 Å². The molecular formula is C14H12Cl2N4. The summed E-state index contributed by atoms with van der Waals surface area (Å²) < 4.78 is 0. The molecule has 2 aromatic rings. The van der Waals surface area contributed by atoms with Crippen molar-refractivity contribution in [1.82, 2.24) is 9.97 Å². The zero-order valence-electron chi connectivity index (χ0n) is 10.8. The third-order valence-corrected chi connectivity index (χ3v) is 3.40. The van der Waals surface area contributed by atoms with Crippen LogP contribution in [0.1, 0.15) is 24.5 Å². The van der Waals surface area contributed by atoms with Crippen molar-refractivity contribution in [2.24, 2.45) is 0 Å². The Morgan fingerprint density at radius 3 is 2.80 bits per heavy atom. The highest BCUT2D eigenvalue weighted by Crippen LogP contribution is 2.29. The van der Waals surface area contributed by atoms with E-state index in [2.05, 4.69) is 28.3 Å². The van der Waals surface area contributed by atoms with Crippen LogP contribution in [0.3, 0.4) is 0 Å². The predicted molar refractivity (Wildman–Crippen MR) is 80.5 cm³/mol. The molecule has 1 N–H and O–H groups in total. The number of nitrogens with zero attached hydrogens (tertiary/aromatic N) is 3. The van der Waals surface area contributed by atoms with E-state index in [9.17, 15) is 0 Å². The molecule has 1 heterocycles. The Kier molecular flexibility index (Phi) is 4.78. The lowest BCUT2D eigenvalue weighted by atomic mass is 10.1. The molecule has 6 heteroatoms. The molecule has 2 rings (SSSR count). The number of rotatable bonds is 4. The van der Waals surface area contributed by atoms with E-state index in [4.69, 9.17) is 28.5 Å². The van der Waals surface area contributed by atoms with E-state index < -0.39 is 0 Å². The van der Waals surface area contributed by atoms with Crippen LogP contribution in [0.5, 0.6) is 0 Å². The number of hydrogen-bond acceptors (Lipinski definition) is 4. The number of halogens is 2. The first-order valence-corrected chi connectivity index (χ1v) is 6.87. The first kappa shape index (κ1) is 14.6. The van der Waals surface area contributed by atoms with Gasteiger partial charge in [-0.25, -0.2) is 9.97 Å². The summed E-state index contributed by atoms with van der Waals surface area (Å²) in [6.07, 6.45) is 3.08. The average Bonchev–Trinajstić information content (AvgIpc) is 2.45. The molecule has 0 aliphatic carbocycles. The van der Waals surface area contributed by atoms with E-state index in [0.717, 1.165) is 18.4 Å². The van der Waals surface area contributed by atoms with Gasteiger partial charge in [0.15, 0.2) is 0 Å². The molecule has 0 atom stereocenters. The Morgan fingerprint density at radius 1 is 1.30 bits per heavy atom. The Hall–Kier alpha value is -1.83. The number of benzene rings is 1. The van der Waals surface area contributed by atoms with Crippen molar-refractivity contribution in [3.63, 3.8) is 0 Å². The Morgan fingerprint density at radius 2 is 2.10 bits per heavy atom. The van der Waals surface area contributed by atoms with Crippen molar-refractivity contribution in [2.75, 3.05) is 5.32 Å². The fourth-order valence-corrected chi connectivity index (χ4v) is 2.18. The predicted octanol–water partition coefficient (Wildman–Crippen LogP) is 4.35. The van der Waals surface area contributed by atoms with Gasteiger partial charge in [0.2, 0.25) is 0 Å². The van der Waals surface area contributed by atoms with Gasteiger partial charge in [-0.3, -0.25) is 0 Å². The van der Waals surface area contributed by atoms with Crippen molar-refractivity contribution in [3.05, 3.63) is 45.8 Å². The molecule has 20 heavy (non-hydrogen) atoms. The monoisotopic (exact) mass is 306 g/mol. The van der Waals surface area contributed by atoms with Crippen LogP contribution >= 0.6 is 23.2 Å². The van der Waals surface area contributed by atoms with E-state index in [1.54, 1.807) is 18.2 Å². The van der Waals surface area contributed by atoms with Crippen LogP contribution in [-0.4, -0.2) is 9.97 Å². The van der Waals surface area contributed by atoms with E-state index in [1.165, 1.54) is 6.33 Å². The third-order valence-electron chi connectivity index (χ3n) is 2.74. The summed E-state index contributed by atoms with van der Waals surface area (Å²) in [5.74, 6) is 0.615. The van der Waals surface area contributed by atoms with E-state index >= 15 is 0 Å². The minimum atomic E-state index is 0.428. The maximum Gasteiger partial charge on any atom is 0.138 e. The molecule has 0 radical (unpaired) electrons. The second-order valence-electron chi connectivity index (χ2n) is 4.17. The molecule has 0 saturated heterocycles. The molecule has 0 fully saturated rings. The van der Waals surface area contributed by atoms with Gasteiger partial charge in [-0.05, 0) is 24.6 Å². The summed E-state index contributed by atoms with van der Waals surface area (Å²) >= 11 is 12.2. The summed E-state index contributed by atoms with van der Waals surface area (Å²) in [4.78, 5) is 8.19. The number of anilines is 2. The zero-order valence-corrected chi connectivity index (χ0v) is 12.3. The smallest absolute Gasteiger partial charge is 0.138 e. The summed E-state index contributed by atoms with van der Waals surface area (Å²) in [6.45, 7) is 2.05. The Bertz CT molecular complexity index is 665. The van der Waals surface area contributed by atoms with Crippen molar-refractivity contribution in [3.8, 4) is 6.07 Å². The van der Waals surface area contributed by atoms with E-state index in [1.807, 2.05) is 0 Å². The third kappa shape index (κ3) is 3.19. The summed E-state index contributed by atoms with van der Waals surface area (Å²) in [6, 6.07) is 7.08. The van der Waals surface area contributed by atoms with Gasteiger partial charge in [-0.15, -0.1) is 0 Å². The highest BCUT2D eigenvalue weighted by molar-refractivity contribution is 6.33. The van der Waals surface area contributed by atoms with Crippen LogP contribution in [0.15, 0.2) is 24.5 Å². The standard InChI is InChI=1S/C14H12Cl2N4/c1-2-3-10-13(16)18-8-19-14(10)20-12-6-9(7-17)4-5-11(12)15/h4-6,8H,2-3H2,1H3,(H,18,19,20). The zero-order chi connectivity index (χ0) is 14.5. The summed E-state index contributed by atoms with van der Waals surface area (Å²) in [7, 11) is 0. The molecule has 0 spiro atoms. The van der Waals surface area contributed by atoms with Crippen molar-refractivity contribution in [1.29, 1.82) is 5.26 Å². The molecule has 102 valence electrons. The molecule has 1 aromatic carbocycles. The van der Waals surface area contributed by atoms with Gasteiger partial charge >= 0.3 is 0 Å². The first-order valence-electron chi connectivity index (χ1n) is 6.11. The van der Waals surface area contributed by atoms with Gasteiger partial charge in [0, 0.05) is 5.56 Å². The fourth-order valence-electron chi connectivity index (χ4n) is 1.79. The van der Waals surface area contributed by atoms with Crippen LogP contribution < -0.4 is 5.32 Å². The van der Waals surface area contributed by atoms with Crippen molar-refractivity contribution in [2.45, 2.75) is 19.8 Å². The summed E-state index contributed by atoms with van der Waals surface area (Å²) in [5, 5.41) is 13.0. The topological polar surface area (TPSA) is 61.6 Å². The lowest BCUT2D eigenvalue weighted by Gasteiger charge is -2.12. The van der Waals surface area contributed by atoms with Gasteiger partial charge < -0.3 is 5.32 Å². The quantitative estimate of drug-likeness (QED) is 0.853. The Labute approximate surface area is 127 Å². The largest absolute Gasteiger partial charge is 0.339 e. The molecule has 0 amide bonds. The van der Waals surface area contributed by atoms with Crippen LogP contribution in [0.2, 0.25) is 10.2 Å². The van der Waals surface area contributed by atoms with Gasteiger partial charge in [0.25, 0.3) is 0 Å². The first-order chi connectivity index (χ1) is 9.65. The maximum atomic E-state index is 8.93. The van der Waals surface area contributed by atoms with Crippen LogP contribution in [0.25, 0.3) is 0 Å². The van der Waals surface area contributed by atoms with Gasteiger partial charge in [-0.1, -0.05) is 36.5 Å².